The highest BCUT2D eigenvalue weighted by atomic mass is 16.7. The fourth-order valence-electron chi connectivity index (χ4n) is 2.05. The molecule has 3 heteroatoms. The summed E-state index contributed by atoms with van der Waals surface area (Å²) in [5.41, 5.74) is -0.543. The highest BCUT2D eigenvalue weighted by Gasteiger charge is 2.32. The van der Waals surface area contributed by atoms with Crippen LogP contribution in [0.3, 0.4) is 0 Å². The van der Waals surface area contributed by atoms with Gasteiger partial charge in [-0.1, -0.05) is 18.2 Å². The Morgan fingerprint density at radius 3 is 2.87 bits per heavy atom. The smallest absolute Gasteiger partial charge is 0.450 e. The summed E-state index contributed by atoms with van der Waals surface area (Å²) >= 11 is 0. The average Bonchev–Trinajstić information content (AvgIpc) is 2.11. The van der Waals surface area contributed by atoms with Gasteiger partial charge in [0.1, 0.15) is 5.60 Å². The Balaban J connectivity index is 2.71. The summed E-state index contributed by atoms with van der Waals surface area (Å²) in [6, 6.07) is 0. The van der Waals surface area contributed by atoms with Gasteiger partial charge in [0.05, 0.1) is 0 Å². The molecule has 3 nitrogen and oxygen atoms in total. The molecule has 0 saturated heterocycles. The highest BCUT2D eigenvalue weighted by molar-refractivity contribution is 5.57. The molecule has 0 saturated carbocycles. The van der Waals surface area contributed by atoms with E-state index in [0.717, 1.165) is 32.1 Å². The Morgan fingerprint density at radius 1 is 1.47 bits per heavy atom. The Labute approximate surface area is 90.4 Å². The van der Waals surface area contributed by atoms with Gasteiger partial charge in [-0.05, 0) is 32.1 Å². The van der Waals surface area contributed by atoms with Gasteiger partial charge >= 0.3 is 6.16 Å². The molecule has 0 amide bonds. The van der Waals surface area contributed by atoms with Crippen LogP contribution in [-0.4, -0.2) is 16.9 Å². The predicted molar refractivity (Wildman–Crippen MR) is 58.9 cm³/mol. The average molecular weight is 210 g/mol. The number of rotatable bonds is 3. The molecule has 0 fully saturated rings. The lowest BCUT2D eigenvalue weighted by Gasteiger charge is -2.32. The Hall–Kier alpha value is -1.25. The second kappa shape index (κ2) is 5.59. The van der Waals surface area contributed by atoms with Gasteiger partial charge in [-0.2, -0.15) is 0 Å². The first kappa shape index (κ1) is 11.8. The van der Waals surface area contributed by atoms with Gasteiger partial charge in [0.2, 0.25) is 0 Å². The zero-order chi connectivity index (χ0) is 11.1. The highest BCUT2D eigenvalue weighted by Crippen LogP contribution is 2.31. The van der Waals surface area contributed by atoms with Crippen molar-refractivity contribution in [2.24, 2.45) is 0 Å². The molecule has 0 aromatic rings. The van der Waals surface area contributed by atoms with Crippen molar-refractivity contribution < 1.29 is 14.6 Å². The summed E-state index contributed by atoms with van der Waals surface area (Å²) < 4.78 is 5.07. The van der Waals surface area contributed by atoms with Crippen LogP contribution in [0.15, 0.2) is 24.8 Å². The van der Waals surface area contributed by atoms with E-state index in [4.69, 9.17) is 9.84 Å². The number of hydrogen-bond acceptors (Lipinski definition) is 2. The van der Waals surface area contributed by atoms with E-state index in [-0.39, 0.29) is 0 Å². The van der Waals surface area contributed by atoms with Crippen molar-refractivity contribution in [1.29, 1.82) is 0 Å². The molecular weight excluding hydrogens is 192 g/mol. The standard InChI is InChI=1S/C12H18O3/c1-2-8-12(15-11(13)14)9-6-4-3-5-7-10-12/h2-4H,1,5-10H2,(H,13,14). The lowest BCUT2D eigenvalue weighted by molar-refractivity contribution is -0.0290. The van der Waals surface area contributed by atoms with Crippen molar-refractivity contribution in [3.05, 3.63) is 24.8 Å². The van der Waals surface area contributed by atoms with Gasteiger partial charge in [-0.15, -0.1) is 6.58 Å². The zero-order valence-electron chi connectivity index (χ0n) is 8.95. The summed E-state index contributed by atoms with van der Waals surface area (Å²) in [5, 5.41) is 8.75. The summed E-state index contributed by atoms with van der Waals surface area (Å²) in [5.74, 6) is 0. The third-order valence-corrected chi connectivity index (χ3v) is 2.76. The van der Waals surface area contributed by atoms with Crippen molar-refractivity contribution in [2.45, 2.75) is 44.1 Å². The van der Waals surface area contributed by atoms with Crippen molar-refractivity contribution in [2.75, 3.05) is 0 Å². The van der Waals surface area contributed by atoms with E-state index >= 15 is 0 Å². The Kier molecular flexibility index (Phi) is 4.40. The molecule has 0 aromatic carbocycles. The lowest BCUT2D eigenvalue weighted by Crippen LogP contribution is -2.34. The second-order valence-electron chi connectivity index (χ2n) is 3.95. The molecular formula is C12H18O3. The maximum absolute atomic E-state index is 10.7. The van der Waals surface area contributed by atoms with E-state index in [9.17, 15) is 4.79 Å². The van der Waals surface area contributed by atoms with Crippen molar-refractivity contribution >= 4 is 6.16 Å². The predicted octanol–water partition coefficient (Wildman–Crippen LogP) is 3.52. The topological polar surface area (TPSA) is 46.5 Å². The van der Waals surface area contributed by atoms with Crippen LogP contribution in [0, 0.1) is 0 Å². The van der Waals surface area contributed by atoms with E-state index in [2.05, 4.69) is 18.7 Å². The number of carbonyl (C=O) groups is 1. The summed E-state index contributed by atoms with van der Waals surface area (Å²) in [4.78, 5) is 10.7. The molecule has 1 atom stereocenters. The SMILES string of the molecule is C=CCC1(OC(=O)O)CCC=CCCC1. The minimum Gasteiger partial charge on any atom is -0.450 e. The van der Waals surface area contributed by atoms with E-state index in [0.29, 0.717) is 6.42 Å². The monoisotopic (exact) mass is 210 g/mol. The number of hydrogen-bond donors (Lipinski definition) is 1. The molecule has 0 aromatic heterocycles. The van der Waals surface area contributed by atoms with Crippen LogP contribution in [0.5, 0.6) is 0 Å². The van der Waals surface area contributed by atoms with Crippen LogP contribution in [0.4, 0.5) is 4.79 Å². The van der Waals surface area contributed by atoms with Gasteiger partial charge < -0.3 is 9.84 Å². The van der Waals surface area contributed by atoms with E-state index in [1.165, 1.54) is 0 Å². The fourth-order valence-corrected chi connectivity index (χ4v) is 2.05. The molecule has 1 N–H and O–H groups in total. The molecule has 0 heterocycles. The Morgan fingerprint density at radius 2 is 2.20 bits per heavy atom. The summed E-state index contributed by atoms with van der Waals surface area (Å²) in [7, 11) is 0. The largest absolute Gasteiger partial charge is 0.506 e. The third-order valence-electron chi connectivity index (χ3n) is 2.76. The van der Waals surface area contributed by atoms with Crippen LogP contribution in [0.25, 0.3) is 0 Å². The van der Waals surface area contributed by atoms with Gasteiger partial charge in [0.15, 0.2) is 0 Å². The number of carboxylic acid groups (broad SMARTS) is 1. The minimum absolute atomic E-state index is 0.543. The Bertz CT molecular complexity index is 258. The van der Waals surface area contributed by atoms with Crippen LogP contribution in [-0.2, 0) is 4.74 Å². The number of allylic oxidation sites excluding steroid dienone is 2. The van der Waals surface area contributed by atoms with E-state index < -0.39 is 11.8 Å². The first-order chi connectivity index (χ1) is 7.18. The first-order valence-electron chi connectivity index (χ1n) is 5.36. The molecule has 0 spiro atoms. The first-order valence-corrected chi connectivity index (χ1v) is 5.36. The summed E-state index contributed by atoms with van der Waals surface area (Å²) in [6.07, 6.45) is 9.81. The molecule has 84 valence electrons. The second-order valence-corrected chi connectivity index (χ2v) is 3.95. The normalized spacial score (nSPS) is 26.4. The third kappa shape index (κ3) is 3.78. The van der Waals surface area contributed by atoms with Gasteiger partial charge in [0.25, 0.3) is 0 Å². The quantitative estimate of drug-likeness (QED) is 0.572. The van der Waals surface area contributed by atoms with Crippen molar-refractivity contribution in [3.8, 4) is 0 Å². The lowest BCUT2D eigenvalue weighted by atomic mass is 9.86. The molecule has 0 radical (unpaired) electrons. The van der Waals surface area contributed by atoms with Crippen molar-refractivity contribution in [3.63, 3.8) is 0 Å². The van der Waals surface area contributed by atoms with Gasteiger partial charge in [-0.25, -0.2) is 4.79 Å². The fraction of sp³-hybridized carbons (Fsp3) is 0.583. The van der Waals surface area contributed by atoms with Crippen LogP contribution >= 0.6 is 0 Å². The number of ether oxygens (including phenoxy) is 1. The molecule has 0 bridgehead atoms. The van der Waals surface area contributed by atoms with E-state index in [1.807, 2.05) is 0 Å². The minimum atomic E-state index is -1.18. The van der Waals surface area contributed by atoms with Gasteiger partial charge in [0, 0.05) is 6.42 Å². The molecule has 1 rings (SSSR count). The van der Waals surface area contributed by atoms with Gasteiger partial charge in [-0.3, -0.25) is 0 Å². The van der Waals surface area contributed by atoms with Crippen LogP contribution in [0.1, 0.15) is 38.5 Å². The zero-order valence-corrected chi connectivity index (χ0v) is 8.95. The molecule has 1 unspecified atom stereocenters. The molecule has 1 aliphatic rings. The summed E-state index contributed by atoms with van der Waals surface area (Å²) in [6.45, 7) is 3.67. The molecule has 1 aliphatic carbocycles. The molecule has 0 aliphatic heterocycles. The van der Waals surface area contributed by atoms with Crippen LogP contribution in [0.2, 0.25) is 0 Å². The maximum Gasteiger partial charge on any atom is 0.506 e. The van der Waals surface area contributed by atoms with Crippen LogP contribution < -0.4 is 0 Å². The van der Waals surface area contributed by atoms with E-state index in [1.54, 1.807) is 6.08 Å². The van der Waals surface area contributed by atoms with Crippen molar-refractivity contribution in [1.82, 2.24) is 0 Å². The maximum atomic E-state index is 10.7. The molecule has 15 heavy (non-hydrogen) atoms.